The predicted molar refractivity (Wildman–Crippen MR) is 114 cm³/mol. The van der Waals surface area contributed by atoms with Gasteiger partial charge in [0.15, 0.2) is 0 Å². The summed E-state index contributed by atoms with van der Waals surface area (Å²) in [6.45, 7) is 5.78. The van der Waals surface area contributed by atoms with E-state index in [0.717, 1.165) is 0 Å². The smallest absolute Gasteiger partial charge is 0.212 e. The highest BCUT2D eigenvalue weighted by Gasteiger charge is 2.42. The summed E-state index contributed by atoms with van der Waals surface area (Å²) >= 11 is 0. The minimum Gasteiger partial charge on any atom is -0.349 e. The Morgan fingerprint density at radius 3 is 1.77 bits per heavy atom. The van der Waals surface area contributed by atoms with Gasteiger partial charge in [0.2, 0.25) is 6.67 Å². The van der Waals surface area contributed by atoms with Crippen LogP contribution < -0.4 is 20.8 Å². The van der Waals surface area contributed by atoms with Crippen molar-refractivity contribution in [1.82, 2.24) is 4.90 Å². The van der Waals surface area contributed by atoms with E-state index in [4.69, 9.17) is 0 Å². The Morgan fingerprint density at radius 2 is 1.23 bits per heavy atom. The van der Waals surface area contributed by atoms with Crippen molar-refractivity contribution in [2.75, 3.05) is 18.6 Å². The van der Waals surface area contributed by atoms with Gasteiger partial charge in [0, 0.05) is 19.4 Å². The Bertz CT molecular complexity index is 866. The highest BCUT2D eigenvalue weighted by atomic mass is 31.2. The van der Waals surface area contributed by atoms with Crippen molar-refractivity contribution in [3.63, 3.8) is 0 Å². The molecule has 0 fully saturated rings. The molecule has 3 aromatic rings. The Labute approximate surface area is 156 Å². The third-order valence-corrected chi connectivity index (χ3v) is 8.88. The van der Waals surface area contributed by atoms with Crippen LogP contribution in [0.2, 0.25) is 0 Å². The van der Waals surface area contributed by atoms with Gasteiger partial charge in [-0.05, 0) is 36.4 Å². The van der Waals surface area contributed by atoms with Crippen molar-refractivity contribution < 1.29 is 0 Å². The second kappa shape index (κ2) is 6.97. The molecule has 0 unspecified atom stereocenters. The summed E-state index contributed by atoms with van der Waals surface area (Å²) in [5.41, 5.74) is 1.19. The molecule has 4 rings (SSSR count). The molecule has 2 radical (unpaired) electrons. The van der Waals surface area contributed by atoms with E-state index in [-0.39, 0.29) is 0 Å². The zero-order valence-corrected chi connectivity index (χ0v) is 16.0. The van der Waals surface area contributed by atoms with Crippen LogP contribution in [0.5, 0.6) is 0 Å². The standard InChI is InChI=1S/C23H22N2P/c1-24-17-18-25(19-24)22-15-9-10-16-23(22)26(2,20-11-5-3-6-12-20)21-13-7-4-8-14-21/h3-18H,1-2H3/q+1. The first kappa shape index (κ1) is 16.9. The highest BCUT2D eigenvalue weighted by Crippen LogP contribution is 2.53. The lowest BCUT2D eigenvalue weighted by atomic mass is 10.3. The van der Waals surface area contributed by atoms with Gasteiger partial charge in [0.25, 0.3) is 0 Å². The van der Waals surface area contributed by atoms with Gasteiger partial charge in [-0.2, -0.15) is 0 Å². The Morgan fingerprint density at radius 1 is 0.692 bits per heavy atom. The topological polar surface area (TPSA) is 6.48 Å². The number of benzene rings is 3. The Balaban J connectivity index is 1.93. The van der Waals surface area contributed by atoms with Gasteiger partial charge < -0.3 is 9.80 Å². The van der Waals surface area contributed by atoms with Crippen LogP contribution >= 0.6 is 7.26 Å². The largest absolute Gasteiger partial charge is 0.349 e. The highest BCUT2D eigenvalue weighted by molar-refractivity contribution is 7.95. The SMILES string of the molecule is CN1[C]N(c2ccccc2[P+](C)(c2ccccc2)c2ccccc2)C=C1. The van der Waals surface area contributed by atoms with Crippen LogP contribution in [-0.4, -0.2) is 18.6 Å². The molecule has 0 aromatic heterocycles. The molecule has 1 aliphatic rings. The zero-order valence-electron chi connectivity index (χ0n) is 15.1. The van der Waals surface area contributed by atoms with E-state index in [0.29, 0.717) is 0 Å². The molecule has 128 valence electrons. The number of nitrogens with zero attached hydrogens (tertiary/aromatic N) is 2. The van der Waals surface area contributed by atoms with E-state index in [9.17, 15) is 0 Å². The van der Waals surface area contributed by atoms with E-state index in [2.05, 4.69) is 109 Å². The predicted octanol–water partition coefficient (Wildman–Crippen LogP) is 3.83. The maximum Gasteiger partial charge on any atom is 0.212 e. The Hall–Kier alpha value is -2.57. The van der Waals surface area contributed by atoms with Crippen molar-refractivity contribution in [3.05, 3.63) is 104 Å². The summed E-state index contributed by atoms with van der Waals surface area (Å²) in [5, 5.41) is 4.13. The fourth-order valence-electron chi connectivity index (χ4n) is 3.46. The van der Waals surface area contributed by atoms with Crippen LogP contribution in [0.15, 0.2) is 97.3 Å². The summed E-state index contributed by atoms with van der Waals surface area (Å²) in [5.74, 6) is 0. The van der Waals surface area contributed by atoms with Crippen LogP contribution in [-0.2, 0) is 0 Å². The first-order valence-corrected chi connectivity index (χ1v) is 11.0. The van der Waals surface area contributed by atoms with Crippen LogP contribution in [0.3, 0.4) is 0 Å². The zero-order chi connectivity index (χ0) is 18.0. The number of para-hydroxylation sites is 1. The van der Waals surface area contributed by atoms with Gasteiger partial charge in [0.05, 0.1) is 12.4 Å². The summed E-state index contributed by atoms with van der Waals surface area (Å²) in [6, 6.07) is 30.5. The number of rotatable bonds is 4. The minimum absolute atomic E-state index is 1.19. The second-order valence-electron chi connectivity index (χ2n) is 6.55. The number of anilines is 1. The van der Waals surface area contributed by atoms with Gasteiger partial charge in [-0.15, -0.1) is 0 Å². The number of hydrogen-bond donors (Lipinski definition) is 0. The molecule has 0 N–H and O–H groups in total. The molecule has 2 nitrogen and oxygen atoms in total. The molecule has 3 heteroatoms. The molecule has 3 aromatic carbocycles. The van der Waals surface area contributed by atoms with Crippen LogP contribution in [0, 0.1) is 6.67 Å². The maximum absolute atomic E-state index is 3.36. The minimum atomic E-state index is -1.77. The monoisotopic (exact) mass is 357 g/mol. The molecule has 0 amide bonds. The first-order valence-electron chi connectivity index (χ1n) is 8.73. The van der Waals surface area contributed by atoms with Gasteiger partial charge in [0.1, 0.15) is 23.2 Å². The summed E-state index contributed by atoms with van der Waals surface area (Å²) in [6.07, 6.45) is 4.09. The fourth-order valence-corrected chi connectivity index (χ4v) is 6.88. The van der Waals surface area contributed by atoms with Gasteiger partial charge in [-0.25, -0.2) is 0 Å². The molecule has 0 aliphatic carbocycles. The lowest BCUT2D eigenvalue weighted by Gasteiger charge is -2.27. The van der Waals surface area contributed by atoms with E-state index in [1.165, 1.54) is 21.6 Å². The molecular formula is C23H22N2P+. The van der Waals surface area contributed by atoms with Crippen LogP contribution in [0.4, 0.5) is 5.69 Å². The normalized spacial score (nSPS) is 14.1. The van der Waals surface area contributed by atoms with Crippen molar-refractivity contribution in [2.24, 2.45) is 0 Å². The summed E-state index contributed by atoms with van der Waals surface area (Å²) < 4.78 is 0. The quantitative estimate of drug-likeness (QED) is 0.655. The molecular weight excluding hydrogens is 335 g/mol. The molecule has 0 saturated carbocycles. The van der Waals surface area contributed by atoms with E-state index in [1.54, 1.807) is 0 Å². The summed E-state index contributed by atoms with van der Waals surface area (Å²) in [4.78, 5) is 4.05. The molecule has 1 aliphatic heterocycles. The lowest BCUT2D eigenvalue weighted by molar-refractivity contribution is 0.575. The molecule has 26 heavy (non-hydrogen) atoms. The Kier molecular flexibility index (Phi) is 4.53. The average molecular weight is 357 g/mol. The average Bonchev–Trinajstić information content (AvgIpc) is 3.15. The fraction of sp³-hybridized carbons (Fsp3) is 0.0870. The van der Waals surface area contributed by atoms with Crippen molar-refractivity contribution in [2.45, 2.75) is 0 Å². The molecule has 1 heterocycles. The second-order valence-corrected chi connectivity index (χ2v) is 10.1. The molecule has 0 spiro atoms. The maximum atomic E-state index is 3.36. The van der Waals surface area contributed by atoms with Gasteiger partial charge in [-0.3, -0.25) is 0 Å². The molecule has 0 saturated heterocycles. The molecule has 0 atom stereocenters. The van der Waals surface area contributed by atoms with Crippen LogP contribution in [0.1, 0.15) is 0 Å². The molecule has 0 bridgehead atoms. The van der Waals surface area contributed by atoms with E-state index < -0.39 is 7.26 Å². The first-order chi connectivity index (χ1) is 12.7. The summed E-state index contributed by atoms with van der Waals surface area (Å²) in [7, 11) is 0.231. The number of hydrogen-bond acceptors (Lipinski definition) is 2. The third-order valence-electron chi connectivity index (χ3n) is 4.87. The van der Waals surface area contributed by atoms with E-state index >= 15 is 0 Å². The van der Waals surface area contributed by atoms with Crippen molar-refractivity contribution >= 4 is 28.9 Å². The van der Waals surface area contributed by atoms with E-state index in [1.807, 2.05) is 18.1 Å². The third kappa shape index (κ3) is 2.91. The van der Waals surface area contributed by atoms with Gasteiger partial charge >= 0.3 is 0 Å². The van der Waals surface area contributed by atoms with Gasteiger partial charge in [-0.1, -0.05) is 48.5 Å². The lowest BCUT2D eigenvalue weighted by Crippen LogP contribution is -2.33. The van der Waals surface area contributed by atoms with Crippen molar-refractivity contribution in [3.8, 4) is 0 Å². The van der Waals surface area contributed by atoms with Crippen LogP contribution in [0.25, 0.3) is 0 Å². The van der Waals surface area contributed by atoms with Crippen molar-refractivity contribution in [1.29, 1.82) is 0 Å².